The molecule has 0 aromatic rings. The average molecular weight is 220 g/mol. The van der Waals surface area contributed by atoms with Gasteiger partial charge in [-0.3, -0.25) is 0 Å². The molecule has 2 fully saturated rings. The maximum Gasteiger partial charge on any atom is 0.0299 e. The van der Waals surface area contributed by atoms with Gasteiger partial charge in [0.15, 0.2) is 0 Å². The minimum Gasteiger partial charge on any atom is -0.0915 e. The molecule has 1 saturated carbocycles. The van der Waals surface area contributed by atoms with Gasteiger partial charge in [-0.15, -0.1) is 0 Å². The second kappa shape index (κ2) is 3.45. The zero-order valence-electron chi connectivity index (χ0n) is 10.1. The molecule has 3 rings (SSSR count). The lowest BCUT2D eigenvalue weighted by atomic mass is 10.1. The Morgan fingerprint density at radius 2 is 2.13 bits per heavy atom. The Balaban J connectivity index is 1.87. The first-order chi connectivity index (χ1) is 7.24. The van der Waals surface area contributed by atoms with Gasteiger partial charge >= 0.3 is 0 Å². The van der Waals surface area contributed by atoms with E-state index in [9.17, 15) is 0 Å². The van der Waals surface area contributed by atoms with E-state index in [1.807, 2.05) is 11.1 Å². The molecule has 0 amide bonds. The van der Waals surface area contributed by atoms with Crippen LogP contribution in [-0.4, -0.2) is 17.5 Å². The summed E-state index contributed by atoms with van der Waals surface area (Å²) in [4.78, 5) is 0. The Morgan fingerprint density at radius 1 is 1.33 bits per heavy atom. The van der Waals surface area contributed by atoms with Crippen LogP contribution in [0.1, 0.15) is 46.5 Å². The molecule has 0 radical (unpaired) electrons. The third kappa shape index (κ3) is 1.37. The molecule has 1 heteroatoms. The van der Waals surface area contributed by atoms with Gasteiger partial charge in [-0.25, -0.2) is 0 Å². The zero-order valence-corrected chi connectivity index (χ0v) is 11.0. The minimum atomic E-state index is 0.338. The van der Waals surface area contributed by atoms with Gasteiger partial charge in [0.1, 0.15) is 0 Å². The van der Waals surface area contributed by atoms with Crippen molar-refractivity contribution < 1.29 is 0 Å². The summed E-state index contributed by atoms with van der Waals surface area (Å²) < 4.78 is 0. The second-order valence-corrected chi connectivity index (χ2v) is 8.25. The van der Waals surface area contributed by atoms with Crippen molar-refractivity contribution in [3.05, 3.63) is 22.3 Å². The van der Waals surface area contributed by atoms with Crippen molar-refractivity contribution >= 4 is 7.92 Å². The van der Waals surface area contributed by atoms with E-state index in [-0.39, 0.29) is 0 Å². The molecule has 0 nitrogen and oxygen atoms in total. The van der Waals surface area contributed by atoms with Crippen molar-refractivity contribution in [2.45, 2.75) is 57.8 Å². The van der Waals surface area contributed by atoms with Crippen LogP contribution in [0.25, 0.3) is 0 Å². The Labute approximate surface area is 94.6 Å². The summed E-state index contributed by atoms with van der Waals surface area (Å²) >= 11 is 0. The molecule has 0 aromatic carbocycles. The van der Waals surface area contributed by atoms with Crippen LogP contribution in [0, 0.1) is 0 Å². The van der Waals surface area contributed by atoms with Crippen molar-refractivity contribution in [2.24, 2.45) is 0 Å². The number of hydrogen-bond donors (Lipinski definition) is 0. The van der Waals surface area contributed by atoms with E-state index in [4.69, 9.17) is 0 Å². The molecule has 1 saturated heterocycles. The van der Waals surface area contributed by atoms with Crippen molar-refractivity contribution in [1.82, 2.24) is 0 Å². The molecule has 0 bridgehead atoms. The standard InChI is InChI=1S/C14H21P/c1-4-11-8-9(2)12-13(11)14(12)15-7-5-6-10(15)3/h10,14H,4-8H2,1-3H3/t10-,14-,15?/m0/s1. The van der Waals surface area contributed by atoms with E-state index in [0.29, 0.717) is 7.92 Å². The fourth-order valence-electron chi connectivity index (χ4n) is 3.55. The van der Waals surface area contributed by atoms with Gasteiger partial charge in [0.05, 0.1) is 0 Å². The Bertz CT molecular complexity index is 362. The summed E-state index contributed by atoms with van der Waals surface area (Å²) in [5, 5.41) is 0. The highest BCUT2D eigenvalue weighted by molar-refractivity contribution is 7.60. The first-order valence-electron chi connectivity index (χ1n) is 6.41. The van der Waals surface area contributed by atoms with Gasteiger partial charge < -0.3 is 0 Å². The van der Waals surface area contributed by atoms with Gasteiger partial charge in [0, 0.05) is 5.66 Å². The smallest absolute Gasteiger partial charge is 0.0299 e. The molecule has 0 spiro atoms. The van der Waals surface area contributed by atoms with Gasteiger partial charge in [-0.2, -0.15) is 0 Å². The number of fused-ring (bicyclic) bond motifs is 1. The summed E-state index contributed by atoms with van der Waals surface area (Å²) in [5.41, 5.74) is 9.20. The third-order valence-electron chi connectivity index (χ3n) is 4.44. The summed E-state index contributed by atoms with van der Waals surface area (Å²) in [6, 6.07) is 0. The van der Waals surface area contributed by atoms with Crippen LogP contribution in [-0.2, 0) is 0 Å². The van der Waals surface area contributed by atoms with E-state index in [2.05, 4.69) is 20.8 Å². The topological polar surface area (TPSA) is 0 Å². The maximum atomic E-state index is 2.49. The lowest BCUT2D eigenvalue weighted by Crippen LogP contribution is -1.98. The second-order valence-electron chi connectivity index (χ2n) is 5.37. The van der Waals surface area contributed by atoms with Crippen LogP contribution in [0.2, 0.25) is 0 Å². The number of rotatable bonds is 2. The molecule has 0 N–H and O–H groups in total. The van der Waals surface area contributed by atoms with Gasteiger partial charge in [-0.1, -0.05) is 32.9 Å². The fraction of sp³-hybridized carbons (Fsp3) is 0.714. The van der Waals surface area contributed by atoms with Crippen LogP contribution in [0.15, 0.2) is 22.3 Å². The van der Waals surface area contributed by atoms with Crippen LogP contribution >= 0.6 is 7.92 Å². The monoisotopic (exact) mass is 220 g/mol. The molecule has 1 heterocycles. The molecule has 15 heavy (non-hydrogen) atoms. The van der Waals surface area contributed by atoms with E-state index in [0.717, 1.165) is 11.3 Å². The van der Waals surface area contributed by atoms with Crippen LogP contribution in [0.5, 0.6) is 0 Å². The van der Waals surface area contributed by atoms with E-state index >= 15 is 0 Å². The van der Waals surface area contributed by atoms with Crippen molar-refractivity contribution in [2.75, 3.05) is 6.16 Å². The summed E-state index contributed by atoms with van der Waals surface area (Å²) in [5.74, 6) is 0. The highest BCUT2D eigenvalue weighted by Crippen LogP contribution is 2.70. The molecular weight excluding hydrogens is 199 g/mol. The highest BCUT2D eigenvalue weighted by Gasteiger charge is 2.50. The van der Waals surface area contributed by atoms with Crippen molar-refractivity contribution in [3.63, 3.8) is 0 Å². The lowest BCUT2D eigenvalue weighted by Gasteiger charge is -2.16. The Hall–Kier alpha value is -0.0900. The molecule has 3 atom stereocenters. The molecule has 1 aliphatic heterocycles. The molecule has 2 aliphatic carbocycles. The lowest BCUT2D eigenvalue weighted by molar-refractivity contribution is 0.835. The predicted molar refractivity (Wildman–Crippen MR) is 68.9 cm³/mol. The van der Waals surface area contributed by atoms with Gasteiger partial charge in [0.25, 0.3) is 0 Å². The molecular formula is C14H21P. The SMILES string of the molecule is CCC1=C2C(=C(C)C1)[C@@H]2P1CCC[C@@H]1C. The van der Waals surface area contributed by atoms with Crippen LogP contribution in [0.3, 0.4) is 0 Å². The summed E-state index contributed by atoms with van der Waals surface area (Å²) in [7, 11) is 0.338. The first kappa shape index (κ1) is 10.1. The molecule has 0 aromatic heterocycles. The van der Waals surface area contributed by atoms with E-state index in [1.54, 1.807) is 17.3 Å². The van der Waals surface area contributed by atoms with Crippen molar-refractivity contribution in [1.29, 1.82) is 0 Å². The quantitative estimate of drug-likeness (QED) is 0.603. The van der Waals surface area contributed by atoms with Crippen molar-refractivity contribution in [3.8, 4) is 0 Å². The Morgan fingerprint density at radius 3 is 2.73 bits per heavy atom. The van der Waals surface area contributed by atoms with Crippen LogP contribution < -0.4 is 0 Å². The largest absolute Gasteiger partial charge is 0.0915 e. The third-order valence-corrected chi connectivity index (χ3v) is 7.84. The average Bonchev–Trinajstić information content (AvgIpc) is 2.65. The molecule has 1 unspecified atom stereocenters. The van der Waals surface area contributed by atoms with E-state index < -0.39 is 0 Å². The van der Waals surface area contributed by atoms with Crippen LogP contribution in [0.4, 0.5) is 0 Å². The fourth-order valence-corrected chi connectivity index (χ4v) is 7.09. The predicted octanol–water partition coefficient (Wildman–Crippen LogP) is 4.46. The number of allylic oxidation sites excluding steroid dienone is 4. The first-order valence-corrected chi connectivity index (χ1v) is 8.08. The summed E-state index contributed by atoms with van der Waals surface area (Å²) in [6.45, 7) is 7.20. The zero-order chi connectivity index (χ0) is 10.6. The summed E-state index contributed by atoms with van der Waals surface area (Å²) in [6.07, 6.45) is 7.17. The van der Waals surface area contributed by atoms with E-state index in [1.165, 1.54) is 25.7 Å². The van der Waals surface area contributed by atoms with Gasteiger partial charge in [0.2, 0.25) is 0 Å². The maximum absolute atomic E-state index is 2.49. The normalized spacial score (nSPS) is 39.0. The molecule has 82 valence electrons. The minimum absolute atomic E-state index is 0.338. The van der Waals surface area contributed by atoms with Gasteiger partial charge in [-0.05, 0) is 55.6 Å². The molecule has 3 aliphatic rings. The highest BCUT2D eigenvalue weighted by atomic mass is 31.1. The Kier molecular flexibility index (Phi) is 2.32. The number of hydrogen-bond acceptors (Lipinski definition) is 0.